The Balaban J connectivity index is 1.79. The van der Waals surface area contributed by atoms with E-state index in [0.717, 1.165) is 29.2 Å². The van der Waals surface area contributed by atoms with Crippen LogP contribution in [0.15, 0.2) is 39.3 Å². The molecule has 0 spiro atoms. The van der Waals surface area contributed by atoms with Gasteiger partial charge in [-0.2, -0.15) is 5.26 Å². The molecule has 0 fully saturated rings. The first-order valence-corrected chi connectivity index (χ1v) is 9.63. The summed E-state index contributed by atoms with van der Waals surface area (Å²) in [5, 5.41) is 22.0. The molecule has 3 aromatic rings. The number of aromatic hydroxyl groups is 1. The Kier molecular flexibility index (Phi) is 5.67. The number of hydrogen-bond donors (Lipinski definition) is 3. The van der Waals surface area contributed by atoms with Gasteiger partial charge in [0, 0.05) is 6.07 Å². The van der Waals surface area contributed by atoms with Gasteiger partial charge in [0.25, 0.3) is 5.56 Å². The first-order chi connectivity index (χ1) is 13.4. The molecule has 1 aromatic carbocycles. The lowest BCUT2D eigenvalue weighted by atomic mass is 10.2. The third-order valence-electron chi connectivity index (χ3n) is 3.68. The summed E-state index contributed by atoms with van der Waals surface area (Å²) in [7, 11) is 1.25. The summed E-state index contributed by atoms with van der Waals surface area (Å²) in [6, 6.07) is 9.47. The van der Waals surface area contributed by atoms with Gasteiger partial charge in [0.2, 0.25) is 5.91 Å². The molecular weight excluding hydrogens is 402 g/mol. The Bertz CT molecular complexity index is 1180. The van der Waals surface area contributed by atoms with E-state index in [-0.39, 0.29) is 34.1 Å². The normalized spacial score (nSPS) is 10.4. The van der Waals surface area contributed by atoms with Crippen LogP contribution in [-0.4, -0.2) is 34.8 Å². The number of benzene rings is 1. The Labute approximate surface area is 166 Å². The third-order valence-corrected chi connectivity index (χ3v) is 6.16. The second-order valence-corrected chi connectivity index (χ2v) is 7.74. The molecule has 0 aliphatic carbocycles. The molecule has 3 N–H and O–H groups in total. The zero-order valence-corrected chi connectivity index (χ0v) is 16.1. The molecule has 0 saturated heterocycles. The zero-order valence-electron chi connectivity index (χ0n) is 14.4. The van der Waals surface area contributed by atoms with Crippen molar-refractivity contribution in [3.8, 4) is 11.8 Å². The quantitative estimate of drug-likeness (QED) is 0.431. The number of fused-ring (bicyclic) bond motifs is 1. The minimum absolute atomic E-state index is 0.0397. The molecular formula is C18H13N3O5S2. The maximum atomic E-state index is 12.3. The van der Waals surface area contributed by atoms with Crippen LogP contribution in [-0.2, 0) is 9.53 Å². The van der Waals surface area contributed by atoms with Crippen LogP contribution in [0, 0.1) is 11.3 Å². The van der Waals surface area contributed by atoms with Crippen molar-refractivity contribution >= 4 is 50.9 Å². The Morgan fingerprint density at radius 2 is 2.14 bits per heavy atom. The third kappa shape index (κ3) is 3.85. The van der Waals surface area contributed by atoms with Gasteiger partial charge in [-0.3, -0.25) is 9.59 Å². The molecule has 8 nitrogen and oxygen atoms in total. The summed E-state index contributed by atoms with van der Waals surface area (Å²) < 4.78 is 5.55. The molecule has 2 aromatic heterocycles. The molecule has 1 amide bonds. The predicted octanol–water partition coefficient (Wildman–Crippen LogP) is 2.68. The van der Waals surface area contributed by atoms with Gasteiger partial charge < -0.3 is 20.1 Å². The van der Waals surface area contributed by atoms with Crippen LogP contribution in [0.1, 0.15) is 15.9 Å². The average molecular weight is 415 g/mol. The van der Waals surface area contributed by atoms with E-state index in [4.69, 9.17) is 4.74 Å². The molecule has 0 unspecified atom stereocenters. The summed E-state index contributed by atoms with van der Waals surface area (Å²) >= 11 is 2.20. The number of rotatable bonds is 5. The molecule has 0 bridgehead atoms. The predicted molar refractivity (Wildman–Crippen MR) is 106 cm³/mol. The number of H-pyrrole nitrogens is 1. The van der Waals surface area contributed by atoms with E-state index in [1.54, 1.807) is 18.2 Å². The lowest BCUT2D eigenvalue weighted by molar-refractivity contribution is -0.113. The summed E-state index contributed by atoms with van der Waals surface area (Å²) in [6.07, 6.45) is 0. The van der Waals surface area contributed by atoms with Gasteiger partial charge in [0.1, 0.15) is 17.4 Å². The highest BCUT2D eigenvalue weighted by atomic mass is 32.2. The Hall–Kier alpha value is -3.29. The number of thioether (sulfide) groups is 1. The second-order valence-electron chi connectivity index (χ2n) is 5.47. The SMILES string of the molecule is COC(=O)c1ccccc1NC(=O)CSc1sc2c(O)cc(=O)[nH]c2c1C#N. The molecule has 0 aliphatic heterocycles. The fourth-order valence-electron chi connectivity index (χ4n) is 2.46. The number of nitrogens with zero attached hydrogens (tertiary/aromatic N) is 1. The van der Waals surface area contributed by atoms with E-state index in [9.17, 15) is 24.8 Å². The number of aromatic amines is 1. The number of thiophene rings is 1. The fourth-order valence-corrected chi connectivity index (χ4v) is 4.60. The molecule has 0 saturated carbocycles. The summed E-state index contributed by atoms with van der Waals surface area (Å²) in [5.41, 5.74) is 0.467. The number of carbonyl (C=O) groups is 2. The number of ether oxygens (including phenoxy) is 1. The zero-order chi connectivity index (χ0) is 20.3. The highest BCUT2D eigenvalue weighted by Gasteiger charge is 2.18. The Morgan fingerprint density at radius 1 is 1.39 bits per heavy atom. The topological polar surface area (TPSA) is 132 Å². The van der Waals surface area contributed by atoms with Crippen molar-refractivity contribution in [2.75, 3.05) is 18.2 Å². The smallest absolute Gasteiger partial charge is 0.339 e. The molecule has 28 heavy (non-hydrogen) atoms. The average Bonchev–Trinajstić information content (AvgIpc) is 3.04. The standard InChI is InChI=1S/C18H13N3O5S2/c1-26-17(25)9-4-2-3-5-11(9)20-14(24)8-27-18-10(7-19)15-16(28-18)12(22)6-13(23)21-15/h2-6H,8H2,1H3,(H,20,24)(H2,21,22,23). The maximum absolute atomic E-state index is 12.3. The van der Waals surface area contributed by atoms with Crippen molar-refractivity contribution in [2.45, 2.75) is 4.21 Å². The van der Waals surface area contributed by atoms with Gasteiger partial charge in [-0.1, -0.05) is 12.1 Å². The van der Waals surface area contributed by atoms with Gasteiger partial charge in [0.05, 0.1) is 38.5 Å². The molecule has 0 atom stereocenters. The van der Waals surface area contributed by atoms with E-state index in [0.29, 0.717) is 14.6 Å². The number of aromatic nitrogens is 1. The van der Waals surface area contributed by atoms with E-state index >= 15 is 0 Å². The largest absolute Gasteiger partial charge is 0.506 e. The van der Waals surface area contributed by atoms with E-state index in [2.05, 4.69) is 10.3 Å². The molecule has 2 heterocycles. The highest BCUT2D eigenvalue weighted by molar-refractivity contribution is 8.02. The van der Waals surface area contributed by atoms with Gasteiger partial charge in [-0.15, -0.1) is 23.1 Å². The van der Waals surface area contributed by atoms with Crippen molar-refractivity contribution in [2.24, 2.45) is 0 Å². The number of nitriles is 1. The number of pyridine rings is 1. The van der Waals surface area contributed by atoms with Crippen molar-refractivity contribution < 1.29 is 19.4 Å². The van der Waals surface area contributed by atoms with Gasteiger partial charge >= 0.3 is 5.97 Å². The molecule has 142 valence electrons. The highest BCUT2D eigenvalue weighted by Crippen LogP contribution is 2.39. The number of hydrogen-bond acceptors (Lipinski definition) is 8. The van der Waals surface area contributed by atoms with Crippen LogP contribution < -0.4 is 10.9 Å². The fraction of sp³-hybridized carbons (Fsp3) is 0.111. The lowest BCUT2D eigenvalue weighted by Crippen LogP contribution is -2.17. The maximum Gasteiger partial charge on any atom is 0.339 e. The Morgan fingerprint density at radius 3 is 2.86 bits per heavy atom. The minimum atomic E-state index is -0.570. The second kappa shape index (κ2) is 8.16. The molecule has 0 radical (unpaired) electrons. The molecule has 0 aliphatic rings. The van der Waals surface area contributed by atoms with Gasteiger partial charge in [-0.25, -0.2) is 4.79 Å². The first-order valence-electron chi connectivity index (χ1n) is 7.83. The minimum Gasteiger partial charge on any atom is -0.506 e. The van der Waals surface area contributed by atoms with Crippen LogP contribution in [0.5, 0.6) is 5.75 Å². The van der Waals surface area contributed by atoms with Crippen LogP contribution in [0.3, 0.4) is 0 Å². The molecule has 3 rings (SSSR count). The van der Waals surface area contributed by atoms with Gasteiger partial charge in [0.15, 0.2) is 0 Å². The number of esters is 1. The van der Waals surface area contributed by atoms with E-state index in [1.165, 1.54) is 13.2 Å². The van der Waals surface area contributed by atoms with Crippen molar-refractivity contribution in [1.82, 2.24) is 4.98 Å². The first kappa shape index (κ1) is 19.5. The van der Waals surface area contributed by atoms with Crippen LogP contribution >= 0.6 is 23.1 Å². The lowest BCUT2D eigenvalue weighted by Gasteiger charge is -2.09. The van der Waals surface area contributed by atoms with Crippen LogP contribution in [0.4, 0.5) is 5.69 Å². The summed E-state index contributed by atoms with van der Waals surface area (Å²) in [5.74, 6) is -1.22. The van der Waals surface area contributed by atoms with Gasteiger partial charge in [-0.05, 0) is 12.1 Å². The monoisotopic (exact) mass is 415 g/mol. The number of anilines is 1. The van der Waals surface area contributed by atoms with Crippen molar-refractivity contribution in [3.63, 3.8) is 0 Å². The van der Waals surface area contributed by atoms with E-state index in [1.807, 2.05) is 6.07 Å². The number of carbonyl (C=O) groups excluding carboxylic acids is 2. The summed E-state index contributed by atoms with van der Waals surface area (Å²) in [4.78, 5) is 38.2. The molecule has 10 heteroatoms. The number of nitrogens with one attached hydrogen (secondary N) is 2. The van der Waals surface area contributed by atoms with Crippen molar-refractivity contribution in [3.05, 3.63) is 51.8 Å². The number of para-hydroxylation sites is 1. The summed E-state index contributed by atoms with van der Waals surface area (Å²) in [6.45, 7) is 0. The van der Waals surface area contributed by atoms with Crippen LogP contribution in [0.2, 0.25) is 0 Å². The van der Waals surface area contributed by atoms with Crippen molar-refractivity contribution in [1.29, 1.82) is 5.26 Å². The number of amides is 1. The van der Waals surface area contributed by atoms with E-state index < -0.39 is 11.5 Å². The number of methoxy groups -OCH3 is 1. The van der Waals surface area contributed by atoms with Crippen LogP contribution in [0.25, 0.3) is 10.2 Å².